The van der Waals surface area contributed by atoms with Gasteiger partial charge in [0, 0.05) is 37.2 Å². The molecule has 1 amide bonds. The second kappa shape index (κ2) is 12.9. The van der Waals surface area contributed by atoms with Gasteiger partial charge in [-0.05, 0) is 101 Å². The summed E-state index contributed by atoms with van der Waals surface area (Å²) in [5, 5.41) is 3.21. The van der Waals surface area contributed by atoms with Crippen LogP contribution >= 0.6 is 0 Å². The van der Waals surface area contributed by atoms with Crippen LogP contribution in [0.5, 0.6) is 5.75 Å². The van der Waals surface area contributed by atoms with Crippen LogP contribution in [0.3, 0.4) is 0 Å². The summed E-state index contributed by atoms with van der Waals surface area (Å²) < 4.78 is 5.51. The van der Waals surface area contributed by atoms with Crippen molar-refractivity contribution in [2.45, 2.75) is 58.9 Å². The van der Waals surface area contributed by atoms with E-state index in [0.29, 0.717) is 11.7 Å². The normalized spacial score (nSPS) is 18.4. The minimum Gasteiger partial charge on any atom is -0.497 e. The first kappa shape index (κ1) is 27.7. The number of carbonyl (C=O) groups excluding carboxylic acids is 1. The highest BCUT2D eigenvalue weighted by Gasteiger charge is 2.24. The fourth-order valence-corrected chi connectivity index (χ4v) is 4.79. The van der Waals surface area contributed by atoms with Gasteiger partial charge in [0.25, 0.3) is 5.91 Å². The van der Waals surface area contributed by atoms with E-state index in [0.717, 1.165) is 59.6 Å². The third kappa shape index (κ3) is 7.57. The fraction of sp³-hybridized carbons (Fsp3) is 0.533. The molecule has 3 rings (SSSR count). The van der Waals surface area contributed by atoms with Crippen LogP contribution in [-0.4, -0.2) is 51.3 Å². The maximum atomic E-state index is 13.4. The van der Waals surface area contributed by atoms with Crippen LogP contribution < -0.4 is 15.8 Å². The maximum Gasteiger partial charge on any atom is 0.251 e. The van der Waals surface area contributed by atoms with Crippen LogP contribution in [0.25, 0.3) is 5.57 Å². The zero-order chi connectivity index (χ0) is 26.2. The van der Waals surface area contributed by atoms with Gasteiger partial charge in [0.2, 0.25) is 0 Å². The number of methoxy groups -OCH3 is 1. The third-order valence-electron chi connectivity index (χ3n) is 7.46. The van der Waals surface area contributed by atoms with Crippen LogP contribution in [0.2, 0.25) is 0 Å². The molecule has 1 aromatic carbocycles. The summed E-state index contributed by atoms with van der Waals surface area (Å²) in [4.78, 5) is 19.9. The molecule has 2 unspecified atom stereocenters. The summed E-state index contributed by atoms with van der Waals surface area (Å²) >= 11 is 0. The summed E-state index contributed by atoms with van der Waals surface area (Å²) in [6.45, 7) is 8.70. The largest absolute Gasteiger partial charge is 0.497 e. The summed E-state index contributed by atoms with van der Waals surface area (Å²) in [5.41, 5.74) is 11.8. The van der Waals surface area contributed by atoms with Crippen LogP contribution in [0.15, 0.2) is 52.2 Å². The minimum atomic E-state index is -0.198. The molecule has 1 aromatic rings. The molecular weight excluding hydrogens is 448 g/mol. The van der Waals surface area contributed by atoms with Gasteiger partial charge in [-0.3, -0.25) is 9.79 Å². The topological polar surface area (TPSA) is 80.0 Å². The standard InChI is InChI=1S/C30H44N4O2/c1-20(11-12-34(5)19-23-8-9-23)24-10-7-21(2)29(16-24)30(35)33-22(3)25-13-26(15-28(14-25)36-6)27(17-31)18-32-4/h13-18,20,22-23H,7-12,19,31H2,1-6H3,(H,33,35)/b27-17+,32-18?. The highest BCUT2D eigenvalue weighted by Crippen LogP contribution is 2.32. The molecule has 0 aromatic heterocycles. The molecule has 2 atom stereocenters. The molecular formula is C30H44N4O2. The Morgan fingerprint density at radius 3 is 2.67 bits per heavy atom. The number of benzene rings is 1. The van der Waals surface area contributed by atoms with E-state index in [2.05, 4.69) is 42.2 Å². The van der Waals surface area contributed by atoms with Gasteiger partial charge in [-0.15, -0.1) is 0 Å². The minimum absolute atomic E-state index is 0.0238. The first-order chi connectivity index (χ1) is 17.2. The third-order valence-corrected chi connectivity index (χ3v) is 7.46. The predicted molar refractivity (Wildman–Crippen MR) is 150 cm³/mol. The van der Waals surface area contributed by atoms with E-state index in [9.17, 15) is 4.79 Å². The molecule has 2 aliphatic carbocycles. The van der Waals surface area contributed by atoms with E-state index < -0.39 is 0 Å². The van der Waals surface area contributed by atoms with Gasteiger partial charge >= 0.3 is 0 Å². The smallest absolute Gasteiger partial charge is 0.251 e. The number of nitrogens with one attached hydrogen (secondary N) is 1. The van der Waals surface area contributed by atoms with Gasteiger partial charge in [0.15, 0.2) is 0 Å². The Morgan fingerprint density at radius 1 is 1.28 bits per heavy atom. The van der Waals surface area contributed by atoms with Crippen molar-refractivity contribution in [2.75, 3.05) is 34.3 Å². The Labute approximate surface area is 217 Å². The Kier molecular flexibility index (Phi) is 9.94. The molecule has 196 valence electrons. The quantitative estimate of drug-likeness (QED) is 0.389. The number of nitrogens with two attached hydrogens (primary N) is 1. The lowest BCUT2D eigenvalue weighted by Crippen LogP contribution is -2.29. The number of hydrogen-bond donors (Lipinski definition) is 2. The van der Waals surface area contributed by atoms with E-state index in [1.165, 1.54) is 31.2 Å². The average Bonchev–Trinajstić information content (AvgIpc) is 3.69. The first-order valence-electron chi connectivity index (χ1n) is 13.2. The van der Waals surface area contributed by atoms with Crippen molar-refractivity contribution < 1.29 is 9.53 Å². The molecule has 6 heteroatoms. The Hall–Kier alpha value is -2.86. The maximum absolute atomic E-state index is 13.4. The number of aliphatic imine (C=N–C) groups is 1. The van der Waals surface area contributed by atoms with Crippen molar-refractivity contribution in [3.05, 3.63) is 58.3 Å². The molecule has 0 radical (unpaired) electrons. The van der Waals surface area contributed by atoms with Crippen LogP contribution in [0.4, 0.5) is 0 Å². The molecule has 0 saturated heterocycles. The zero-order valence-corrected chi connectivity index (χ0v) is 22.9. The number of hydrogen-bond acceptors (Lipinski definition) is 5. The van der Waals surface area contributed by atoms with E-state index in [1.807, 2.05) is 25.1 Å². The molecule has 0 aliphatic heterocycles. The highest BCUT2D eigenvalue weighted by atomic mass is 16.5. The van der Waals surface area contributed by atoms with Crippen LogP contribution in [0, 0.1) is 11.8 Å². The summed E-state index contributed by atoms with van der Waals surface area (Å²) in [6, 6.07) is 5.70. The molecule has 6 nitrogen and oxygen atoms in total. The lowest BCUT2D eigenvalue weighted by Gasteiger charge is -2.25. The molecule has 0 heterocycles. The van der Waals surface area contributed by atoms with Crippen molar-refractivity contribution in [2.24, 2.45) is 22.6 Å². The first-order valence-corrected chi connectivity index (χ1v) is 13.2. The van der Waals surface area contributed by atoms with Crippen LogP contribution in [0.1, 0.15) is 70.0 Å². The molecule has 0 bridgehead atoms. The number of rotatable bonds is 12. The SMILES string of the molecule is CN=C/C(=C\N)c1cc(OC)cc(C(C)NC(=O)C2=C(C)CCC(C(C)CCN(C)CC3CC3)=C2)c1. The zero-order valence-electron chi connectivity index (χ0n) is 22.9. The lowest BCUT2D eigenvalue weighted by molar-refractivity contribution is -0.117. The van der Waals surface area contributed by atoms with E-state index in [-0.39, 0.29) is 11.9 Å². The molecule has 0 spiro atoms. The van der Waals surface area contributed by atoms with Crippen molar-refractivity contribution in [3.8, 4) is 5.75 Å². The molecule has 3 N–H and O–H groups in total. The number of ether oxygens (including phenoxy) is 1. The lowest BCUT2D eigenvalue weighted by atomic mass is 9.85. The van der Waals surface area contributed by atoms with Crippen molar-refractivity contribution in [3.63, 3.8) is 0 Å². The Morgan fingerprint density at radius 2 is 2.03 bits per heavy atom. The molecule has 1 saturated carbocycles. The van der Waals surface area contributed by atoms with Gasteiger partial charge in [0.1, 0.15) is 5.75 Å². The van der Waals surface area contributed by atoms with E-state index in [1.54, 1.807) is 20.4 Å². The van der Waals surface area contributed by atoms with Crippen molar-refractivity contribution in [1.29, 1.82) is 0 Å². The second-order valence-corrected chi connectivity index (χ2v) is 10.5. The fourth-order valence-electron chi connectivity index (χ4n) is 4.79. The van der Waals surface area contributed by atoms with Crippen molar-refractivity contribution in [1.82, 2.24) is 10.2 Å². The average molecular weight is 493 g/mol. The Balaban J connectivity index is 1.70. The van der Waals surface area contributed by atoms with Gasteiger partial charge in [0.05, 0.1) is 13.2 Å². The summed E-state index contributed by atoms with van der Waals surface area (Å²) in [5.74, 6) is 2.08. The number of amides is 1. The van der Waals surface area contributed by atoms with E-state index >= 15 is 0 Å². The van der Waals surface area contributed by atoms with Gasteiger partial charge in [-0.2, -0.15) is 0 Å². The van der Waals surface area contributed by atoms with E-state index in [4.69, 9.17) is 10.5 Å². The molecule has 2 aliphatic rings. The van der Waals surface area contributed by atoms with Crippen molar-refractivity contribution >= 4 is 17.7 Å². The van der Waals surface area contributed by atoms with Gasteiger partial charge < -0.3 is 20.7 Å². The van der Waals surface area contributed by atoms with Gasteiger partial charge in [-0.25, -0.2) is 0 Å². The number of nitrogens with zero attached hydrogens (tertiary/aromatic N) is 2. The monoisotopic (exact) mass is 492 g/mol. The number of allylic oxidation sites excluding steroid dienone is 3. The van der Waals surface area contributed by atoms with Crippen LogP contribution in [-0.2, 0) is 4.79 Å². The molecule has 1 fully saturated rings. The summed E-state index contributed by atoms with van der Waals surface area (Å²) in [6.07, 6.45) is 11.3. The number of carbonyl (C=O) groups is 1. The summed E-state index contributed by atoms with van der Waals surface area (Å²) in [7, 11) is 5.58. The second-order valence-electron chi connectivity index (χ2n) is 10.5. The highest BCUT2D eigenvalue weighted by molar-refractivity contribution is 6.09. The Bertz CT molecular complexity index is 1050. The van der Waals surface area contributed by atoms with Gasteiger partial charge in [-0.1, -0.05) is 24.1 Å². The molecule has 36 heavy (non-hydrogen) atoms. The predicted octanol–water partition coefficient (Wildman–Crippen LogP) is 5.28.